The predicted molar refractivity (Wildman–Crippen MR) is 68.0 cm³/mol. The van der Waals surface area contributed by atoms with Crippen LogP contribution in [0.15, 0.2) is 18.2 Å². The van der Waals surface area contributed by atoms with Crippen molar-refractivity contribution in [3.8, 4) is 0 Å². The van der Waals surface area contributed by atoms with Crippen LogP contribution in [0.2, 0.25) is 0 Å². The first-order valence-corrected chi connectivity index (χ1v) is 6.28. The van der Waals surface area contributed by atoms with Crippen LogP contribution in [-0.4, -0.2) is 11.1 Å². The van der Waals surface area contributed by atoms with E-state index in [0.29, 0.717) is 11.8 Å². The maximum Gasteiger partial charge on any atom is 0.306 e. The van der Waals surface area contributed by atoms with Crippen molar-refractivity contribution < 1.29 is 9.90 Å². The smallest absolute Gasteiger partial charge is 0.306 e. The van der Waals surface area contributed by atoms with Gasteiger partial charge in [0.15, 0.2) is 0 Å². The van der Waals surface area contributed by atoms with Crippen LogP contribution in [0, 0.1) is 31.6 Å². The number of carbonyl (C=O) groups is 1. The van der Waals surface area contributed by atoms with E-state index in [-0.39, 0.29) is 5.92 Å². The number of rotatable bonds is 4. The molecule has 92 valence electrons. The van der Waals surface area contributed by atoms with Crippen molar-refractivity contribution >= 4 is 5.97 Å². The number of carboxylic acids is 1. The molecule has 1 saturated carbocycles. The number of hydrogen-bond acceptors (Lipinski definition) is 1. The molecule has 2 heteroatoms. The molecule has 3 atom stereocenters. The van der Waals surface area contributed by atoms with Crippen molar-refractivity contribution in [2.45, 2.75) is 33.6 Å². The quantitative estimate of drug-likeness (QED) is 0.865. The van der Waals surface area contributed by atoms with Gasteiger partial charge in [0.05, 0.1) is 5.92 Å². The lowest BCUT2D eigenvalue weighted by Crippen LogP contribution is -2.09. The van der Waals surface area contributed by atoms with Crippen LogP contribution in [0.5, 0.6) is 0 Å². The Bertz CT molecular complexity index is 437. The third kappa shape index (κ3) is 2.51. The van der Waals surface area contributed by atoms with Gasteiger partial charge in [-0.1, -0.05) is 25.1 Å². The number of aliphatic carboxylic acids is 1. The zero-order valence-corrected chi connectivity index (χ0v) is 10.7. The van der Waals surface area contributed by atoms with Crippen molar-refractivity contribution in [2.75, 3.05) is 0 Å². The molecule has 2 rings (SSSR count). The van der Waals surface area contributed by atoms with Crippen LogP contribution in [-0.2, 0) is 11.2 Å². The van der Waals surface area contributed by atoms with E-state index in [1.165, 1.54) is 16.7 Å². The first-order valence-electron chi connectivity index (χ1n) is 6.28. The largest absolute Gasteiger partial charge is 0.481 e. The van der Waals surface area contributed by atoms with E-state index >= 15 is 0 Å². The summed E-state index contributed by atoms with van der Waals surface area (Å²) in [6.07, 6.45) is 1.86. The van der Waals surface area contributed by atoms with Gasteiger partial charge in [0, 0.05) is 0 Å². The van der Waals surface area contributed by atoms with Gasteiger partial charge in [-0.25, -0.2) is 0 Å². The Hall–Kier alpha value is -1.31. The third-order valence-corrected chi connectivity index (χ3v) is 4.15. The fourth-order valence-corrected chi connectivity index (χ4v) is 2.66. The Kier molecular flexibility index (Phi) is 3.23. The zero-order valence-electron chi connectivity index (χ0n) is 10.7. The molecule has 1 aromatic rings. The second-order valence-electron chi connectivity index (χ2n) is 5.38. The SMILES string of the molecule is Cc1cccc(CC(C)C2CC2C(=O)O)c1C. The number of benzene rings is 1. The van der Waals surface area contributed by atoms with E-state index in [4.69, 9.17) is 5.11 Å². The minimum absolute atomic E-state index is 0.0879. The van der Waals surface area contributed by atoms with E-state index < -0.39 is 5.97 Å². The fourth-order valence-electron chi connectivity index (χ4n) is 2.66. The van der Waals surface area contributed by atoms with E-state index in [9.17, 15) is 4.79 Å². The summed E-state index contributed by atoms with van der Waals surface area (Å²) in [5, 5.41) is 8.94. The summed E-state index contributed by atoms with van der Waals surface area (Å²) in [4.78, 5) is 10.8. The first-order chi connectivity index (χ1) is 8.00. The third-order valence-electron chi connectivity index (χ3n) is 4.15. The molecule has 0 aromatic heterocycles. The number of carboxylic acid groups (broad SMARTS) is 1. The maximum atomic E-state index is 10.8. The Morgan fingerprint density at radius 1 is 1.47 bits per heavy atom. The summed E-state index contributed by atoms with van der Waals surface area (Å²) < 4.78 is 0. The minimum Gasteiger partial charge on any atom is -0.481 e. The lowest BCUT2D eigenvalue weighted by atomic mass is 9.91. The molecule has 0 bridgehead atoms. The monoisotopic (exact) mass is 232 g/mol. The van der Waals surface area contributed by atoms with Gasteiger partial charge in [0.25, 0.3) is 0 Å². The first kappa shape index (κ1) is 12.2. The van der Waals surface area contributed by atoms with Crippen LogP contribution >= 0.6 is 0 Å². The van der Waals surface area contributed by atoms with E-state index in [1.54, 1.807) is 0 Å². The molecule has 17 heavy (non-hydrogen) atoms. The summed E-state index contributed by atoms with van der Waals surface area (Å²) in [6.45, 7) is 6.45. The second-order valence-corrected chi connectivity index (χ2v) is 5.38. The topological polar surface area (TPSA) is 37.3 Å². The lowest BCUT2D eigenvalue weighted by molar-refractivity contribution is -0.139. The molecule has 1 aromatic carbocycles. The van der Waals surface area contributed by atoms with E-state index in [1.807, 2.05) is 0 Å². The zero-order chi connectivity index (χ0) is 12.6. The van der Waals surface area contributed by atoms with Crippen molar-refractivity contribution in [3.63, 3.8) is 0 Å². The molecule has 1 aliphatic carbocycles. The standard InChI is InChI=1S/C15H20O2/c1-9-5-4-6-12(11(9)3)7-10(2)13-8-14(13)15(16)17/h4-6,10,13-14H,7-8H2,1-3H3,(H,16,17). The summed E-state index contributed by atoms with van der Waals surface area (Å²) in [6, 6.07) is 6.38. The van der Waals surface area contributed by atoms with Gasteiger partial charge < -0.3 is 5.11 Å². The molecule has 0 saturated heterocycles. The molecule has 2 nitrogen and oxygen atoms in total. The molecule has 0 heterocycles. The van der Waals surface area contributed by atoms with Gasteiger partial charge in [-0.15, -0.1) is 0 Å². The Morgan fingerprint density at radius 3 is 2.76 bits per heavy atom. The molecular formula is C15H20O2. The van der Waals surface area contributed by atoms with Gasteiger partial charge in [0.1, 0.15) is 0 Å². The highest BCUT2D eigenvalue weighted by Gasteiger charge is 2.46. The Morgan fingerprint density at radius 2 is 2.18 bits per heavy atom. The highest BCUT2D eigenvalue weighted by atomic mass is 16.4. The molecule has 0 spiro atoms. The maximum absolute atomic E-state index is 10.8. The average molecular weight is 232 g/mol. The van der Waals surface area contributed by atoms with E-state index in [0.717, 1.165) is 12.8 Å². The highest BCUT2D eigenvalue weighted by molar-refractivity contribution is 5.73. The molecule has 1 fully saturated rings. The van der Waals surface area contributed by atoms with Crippen LogP contribution in [0.4, 0.5) is 0 Å². The van der Waals surface area contributed by atoms with Crippen molar-refractivity contribution in [2.24, 2.45) is 17.8 Å². The van der Waals surface area contributed by atoms with Crippen LogP contribution < -0.4 is 0 Å². The average Bonchev–Trinajstić information content (AvgIpc) is 3.04. The highest BCUT2D eigenvalue weighted by Crippen LogP contribution is 2.45. The summed E-state index contributed by atoms with van der Waals surface area (Å²) in [7, 11) is 0. The summed E-state index contributed by atoms with van der Waals surface area (Å²) >= 11 is 0. The van der Waals surface area contributed by atoms with Gasteiger partial charge in [-0.05, 0) is 55.2 Å². The molecular weight excluding hydrogens is 212 g/mol. The molecule has 0 aliphatic heterocycles. The summed E-state index contributed by atoms with van der Waals surface area (Å²) in [5.74, 6) is 0.141. The van der Waals surface area contributed by atoms with Crippen LogP contribution in [0.3, 0.4) is 0 Å². The predicted octanol–water partition coefficient (Wildman–Crippen LogP) is 3.20. The van der Waals surface area contributed by atoms with Gasteiger partial charge in [-0.2, -0.15) is 0 Å². The van der Waals surface area contributed by atoms with Gasteiger partial charge in [-0.3, -0.25) is 4.79 Å². The lowest BCUT2D eigenvalue weighted by Gasteiger charge is -2.14. The molecule has 1 N–H and O–H groups in total. The van der Waals surface area contributed by atoms with Crippen LogP contribution in [0.1, 0.15) is 30.0 Å². The van der Waals surface area contributed by atoms with E-state index in [2.05, 4.69) is 39.0 Å². The number of hydrogen-bond donors (Lipinski definition) is 1. The molecule has 3 unspecified atom stereocenters. The molecule has 0 amide bonds. The number of aryl methyl sites for hydroxylation is 1. The van der Waals surface area contributed by atoms with Crippen molar-refractivity contribution in [3.05, 3.63) is 34.9 Å². The van der Waals surface area contributed by atoms with Gasteiger partial charge in [0.2, 0.25) is 0 Å². The van der Waals surface area contributed by atoms with Crippen molar-refractivity contribution in [1.29, 1.82) is 0 Å². The normalized spacial score (nSPS) is 24.4. The minimum atomic E-state index is -0.622. The van der Waals surface area contributed by atoms with Crippen molar-refractivity contribution in [1.82, 2.24) is 0 Å². The Labute approximate surface area is 103 Å². The molecule has 0 radical (unpaired) electrons. The molecule has 1 aliphatic rings. The fraction of sp³-hybridized carbons (Fsp3) is 0.533. The van der Waals surface area contributed by atoms with Gasteiger partial charge >= 0.3 is 5.97 Å². The Balaban J connectivity index is 2.02. The van der Waals surface area contributed by atoms with Crippen LogP contribution in [0.25, 0.3) is 0 Å². The second kappa shape index (κ2) is 4.52. The summed E-state index contributed by atoms with van der Waals surface area (Å²) in [5.41, 5.74) is 4.04.